The lowest BCUT2D eigenvalue weighted by Gasteiger charge is -2.35. The van der Waals surface area contributed by atoms with Gasteiger partial charge in [0.05, 0.1) is 5.60 Å². The van der Waals surface area contributed by atoms with Crippen LogP contribution < -0.4 is 11.1 Å². The predicted molar refractivity (Wildman–Crippen MR) is 80.1 cm³/mol. The number of nitrogens with zero attached hydrogens (tertiary/aromatic N) is 1. The minimum absolute atomic E-state index is 0.221. The maximum atomic E-state index is 6.01. The summed E-state index contributed by atoms with van der Waals surface area (Å²) in [5.41, 5.74) is 7.65. The molecule has 1 rings (SSSR count). The van der Waals surface area contributed by atoms with Gasteiger partial charge in [-0.15, -0.1) is 0 Å². The van der Waals surface area contributed by atoms with Crippen LogP contribution in [0, 0.1) is 0 Å². The Hall–Kier alpha value is -1.13. The Morgan fingerprint density at radius 1 is 1.42 bits per heavy atom. The maximum absolute atomic E-state index is 6.01. The van der Waals surface area contributed by atoms with Gasteiger partial charge in [-0.1, -0.05) is 6.92 Å². The Balaban J connectivity index is 2.82. The number of nitrogens with two attached hydrogens (primary N) is 1. The quantitative estimate of drug-likeness (QED) is 0.757. The van der Waals surface area contributed by atoms with Gasteiger partial charge in [0.1, 0.15) is 0 Å². The number of nitrogens with one attached hydrogen (secondary N) is 1. The van der Waals surface area contributed by atoms with Crippen LogP contribution in [-0.2, 0) is 11.2 Å². The molecule has 1 atom stereocenters. The molecule has 1 aromatic heterocycles. The molecule has 0 amide bonds. The van der Waals surface area contributed by atoms with Crippen molar-refractivity contribution in [3.05, 3.63) is 24.0 Å². The number of ether oxygens (including phenoxy) is 1. The summed E-state index contributed by atoms with van der Waals surface area (Å²) in [7, 11) is 0. The average Bonchev–Trinajstić information content (AvgIpc) is 2.36. The fourth-order valence-corrected chi connectivity index (χ4v) is 2.18. The second-order valence-corrected chi connectivity index (χ2v) is 5.32. The first-order valence-electron chi connectivity index (χ1n) is 7.07. The fourth-order valence-electron chi connectivity index (χ4n) is 2.18. The zero-order valence-corrected chi connectivity index (χ0v) is 12.6. The van der Waals surface area contributed by atoms with Crippen LogP contribution in [0.2, 0.25) is 0 Å². The van der Waals surface area contributed by atoms with Gasteiger partial charge in [-0.2, -0.15) is 0 Å². The van der Waals surface area contributed by atoms with Crippen molar-refractivity contribution in [2.45, 2.75) is 52.2 Å². The summed E-state index contributed by atoms with van der Waals surface area (Å²) in [6, 6.07) is 2.07. The molecule has 0 aliphatic carbocycles. The first-order valence-corrected chi connectivity index (χ1v) is 7.07. The van der Waals surface area contributed by atoms with Crippen LogP contribution in [0.1, 0.15) is 39.7 Å². The van der Waals surface area contributed by atoms with Gasteiger partial charge in [-0.25, -0.2) is 0 Å². The molecule has 0 saturated heterocycles. The highest BCUT2D eigenvalue weighted by atomic mass is 16.5. The summed E-state index contributed by atoms with van der Waals surface area (Å²) in [4.78, 5) is 4.16. The molecule has 0 radical (unpaired) electrons. The zero-order valence-electron chi connectivity index (χ0n) is 12.6. The van der Waals surface area contributed by atoms with Gasteiger partial charge in [0, 0.05) is 30.7 Å². The third-order valence-electron chi connectivity index (χ3n) is 3.36. The highest BCUT2D eigenvalue weighted by Crippen LogP contribution is 2.21. The minimum atomic E-state index is -0.230. The Morgan fingerprint density at radius 2 is 2.16 bits per heavy atom. The monoisotopic (exact) mass is 265 g/mol. The molecule has 3 N–H and O–H groups in total. The van der Waals surface area contributed by atoms with E-state index in [1.165, 1.54) is 0 Å². The number of rotatable bonds is 8. The highest BCUT2D eigenvalue weighted by Gasteiger charge is 2.30. The van der Waals surface area contributed by atoms with E-state index in [0.29, 0.717) is 6.61 Å². The molecule has 0 bridgehead atoms. The molecule has 19 heavy (non-hydrogen) atoms. The van der Waals surface area contributed by atoms with Gasteiger partial charge in [0.2, 0.25) is 0 Å². The lowest BCUT2D eigenvalue weighted by molar-refractivity contribution is -0.0379. The Labute approximate surface area is 116 Å². The molecular formula is C15H27N3O. The molecule has 0 aromatic carbocycles. The van der Waals surface area contributed by atoms with E-state index in [2.05, 4.69) is 31.1 Å². The first kappa shape index (κ1) is 15.9. The smallest absolute Gasteiger partial charge is 0.0781 e. The first-order chi connectivity index (χ1) is 9.01. The molecule has 0 aliphatic rings. The third kappa shape index (κ3) is 4.80. The molecule has 1 heterocycles. The van der Waals surface area contributed by atoms with Gasteiger partial charge in [-0.3, -0.25) is 4.98 Å². The SMILES string of the molecule is CCCNC(Cc1cnccc1N)C(C)(C)OCC. The van der Waals surface area contributed by atoms with Crippen LogP contribution >= 0.6 is 0 Å². The van der Waals surface area contributed by atoms with E-state index >= 15 is 0 Å². The molecule has 1 aromatic rings. The second kappa shape index (κ2) is 7.46. The molecule has 0 aliphatic heterocycles. The van der Waals surface area contributed by atoms with Crippen LogP contribution in [0.15, 0.2) is 18.5 Å². The van der Waals surface area contributed by atoms with Crippen molar-refractivity contribution < 1.29 is 4.74 Å². The molecular weight excluding hydrogens is 238 g/mol. The van der Waals surface area contributed by atoms with Crippen molar-refractivity contribution in [3.63, 3.8) is 0 Å². The Kier molecular flexibility index (Phi) is 6.25. The Morgan fingerprint density at radius 3 is 2.74 bits per heavy atom. The van der Waals surface area contributed by atoms with Crippen LogP contribution in [0.5, 0.6) is 0 Å². The lowest BCUT2D eigenvalue weighted by atomic mass is 9.92. The summed E-state index contributed by atoms with van der Waals surface area (Å²) in [6.07, 6.45) is 5.49. The molecule has 4 nitrogen and oxygen atoms in total. The largest absolute Gasteiger partial charge is 0.398 e. The molecule has 1 unspecified atom stereocenters. The molecule has 0 spiro atoms. The Bertz CT molecular complexity index is 379. The predicted octanol–water partition coefficient (Wildman–Crippen LogP) is 2.39. The van der Waals surface area contributed by atoms with E-state index in [4.69, 9.17) is 10.5 Å². The normalized spacial score (nSPS) is 13.5. The summed E-state index contributed by atoms with van der Waals surface area (Å²) in [5, 5.41) is 3.56. The third-order valence-corrected chi connectivity index (χ3v) is 3.36. The number of anilines is 1. The molecule has 0 saturated carbocycles. The molecule has 108 valence electrons. The van der Waals surface area contributed by atoms with E-state index in [1.807, 2.05) is 19.2 Å². The maximum Gasteiger partial charge on any atom is 0.0781 e. The summed E-state index contributed by atoms with van der Waals surface area (Å²) in [5.74, 6) is 0. The number of hydrogen-bond donors (Lipinski definition) is 2. The van der Waals surface area contributed by atoms with Crippen molar-refractivity contribution >= 4 is 5.69 Å². The van der Waals surface area contributed by atoms with Crippen molar-refractivity contribution in [2.24, 2.45) is 0 Å². The highest BCUT2D eigenvalue weighted by molar-refractivity contribution is 5.44. The van der Waals surface area contributed by atoms with E-state index in [1.54, 1.807) is 6.20 Å². The van der Waals surface area contributed by atoms with Crippen LogP contribution in [-0.4, -0.2) is 29.8 Å². The summed E-state index contributed by atoms with van der Waals surface area (Å²) < 4.78 is 5.88. The van der Waals surface area contributed by atoms with Gasteiger partial charge in [0.25, 0.3) is 0 Å². The van der Waals surface area contributed by atoms with E-state index in [0.717, 1.165) is 30.6 Å². The van der Waals surface area contributed by atoms with Crippen LogP contribution in [0.25, 0.3) is 0 Å². The van der Waals surface area contributed by atoms with Crippen molar-refractivity contribution in [1.29, 1.82) is 0 Å². The minimum Gasteiger partial charge on any atom is -0.398 e. The zero-order chi connectivity index (χ0) is 14.3. The molecule has 0 fully saturated rings. The second-order valence-electron chi connectivity index (χ2n) is 5.32. The lowest BCUT2D eigenvalue weighted by Crippen LogP contribution is -2.50. The topological polar surface area (TPSA) is 60.2 Å². The number of aromatic nitrogens is 1. The number of hydrogen-bond acceptors (Lipinski definition) is 4. The van der Waals surface area contributed by atoms with Gasteiger partial charge in [0.15, 0.2) is 0 Å². The molecule has 4 heteroatoms. The summed E-state index contributed by atoms with van der Waals surface area (Å²) in [6.45, 7) is 10.1. The standard InChI is InChI=1S/C15H27N3O/c1-5-8-18-14(15(3,4)19-6-2)10-12-11-17-9-7-13(12)16/h7,9,11,14,18H,5-6,8,10H2,1-4H3,(H2,16,17). The van der Waals surface area contributed by atoms with E-state index < -0.39 is 0 Å². The van der Waals surface area contributed by atoms with E-state index in [-0.39, 0.29) is 11.6 Å². The van der Waals surface area contributed by atoms with E-state index in [9.17, 15) is 0 Å². The fraction of sp³-hybridized carbons (Fsp3) is 0.667. The van der Waals surface area contributed by atoms with Crippen LogP contribution in [0.3, 0.4) is 0 Å². The summed E-state index contributed by atoms with van der Waals surface area (Å²) >= 11 is 0. The van der Waals surface area contributed by atoms with Crippen molar-refractivity contribution in [2.75, 3.05) is 18.9 Å². The van der Waals surface area contributed by atoms with Gasteiger partial charge < -0.3 is 15.8 Å². The van der Waals surface area contributed by atoms with Gasteiger partial charge in [-0.05, 0) is 51.8 Å². The van der Waals surface area contributed by atoms with Crippen molar-refractivity contribution in [3.8, 4) is 0 Å². The van der Waals surface area contributed by atoms with Crippen LogP contribution in [0.4, 0.5) is 5.69 Å². The van der Waals surface area contributed by atoms with Gasteiger partial charge >= 0.3 is 0 Å². The van der Waals surface area contributed by atoms with Crippen molar-refractivity contribution in [1.82, 2.24) is 10.3 Å². The number of pyridine rings is 1. The number of nitrogen functional groups attached to an aromatic ring is 1. The average molecular weight is 265 g/mol.